The van der Waals surface area contributed by atoms with Crippen LogP contribution in [0, 0.1) is 0 Å². The lowest BCUT2D eigenvalue weighted by Gasteiger charge is -2.46. The maximum absolute atomic E-state index is 4.05. The molecule has 4 nitrogen and oxygen atoms in total. The van der Waals surface area contributed by atoms with Crippen molar-refractivity contribution in [2.24, 2.45) is 0 Å². The van der Waals surface area contributed by atoms with E-state index in [-0.39, 0.29) is 0 Å². The summed E-state index contributed by atoms with van der Waals surface area (Å²) in [7, 11) is 0. The Labute approximate surface area is 103 Å². The highest BCUT2D eigenvalue weighted by Gasteiger charge is 2.31. The first-order valence-corrected chi connectivity index (χ1v) is 6.48. The summed E-state index contributed by atoms with van der Waals surface area (Å²) in [5, 5.41) is 3.41. The number of rotatable bonds is 3. The van der Waals surface area contributed by atoms with Crippen molar-refractivity contribution in [3.8, 4) is 0 Å². The lowest BCUT2D eigenvalue weighted by molar-refractivity contribution is 0.0223. The first kappa shape index (κ1) is 11.1. The summed E-state index contributed by atoms with van der Waals surface area (Å²) in [5.74, 6) is 0. The largest absolute Gasteiger partial charge is 0.314 e. The molecule has 92 valence electrons. The second kappa shape index (κ2) is 5.12. The molecule has 2 aliphatic heterocycles. The fourth-order valence-corrected chi connectivity index (χ4v) is 2.70. The number of piperazine rings is 1. The minimum atomic E-state index is 0.791. The van der Waals surface area contributed by atoms with Crippen LogP contribution in [-0.2, 0) is 6.54 Å². The maximum atomic E-state index is 4.05. The first-order chi connectivity index (χ1) is 8.42. The Morgan fingerprint density at radius 3 is 2.59 bits per heavy atom. The summed E-state index contributed by atoms with van der Waals surface area (Å²) in [4.78, 5) is 9.19. The van der Waals surface area contributed by atoms with Crippen molar-refractivity contribution in [2.75, 3.05) is 39.3 Å². The average molecular weight is 232 g/mol. The summed E-state index contributed by atoms with van der Waals surface area (Å²) >= 11 is 0. The van der Waals surface area contributed by atoms with Gasteiger partial charge in [-0.25, -0.2) is 0 Å². The zero-order valence-corrected chi connectivity index (χ0v) is 10.2. The number of likely N-dealkylation sites (tertiary alicyclic amines) is 1. The molecule has 2 saturated heterocycles. The van der Waals surface area contributed by atoms with Crippen molar-refractivity contribution < 1.29 is 0 Å². The number of pyridine rings is 1. The summed E-state index contributed by atoms with van der Waals surface area (Å²) in [5.41, 5.74) is 1.37. The van der Waals surface area contributed by atoms with Crippen LogP contribution in [0.3, 0.4) is 0 Å². The van der Waals surface area contributed by atoms with Crippen molar-refractivity contribution in [2.45, 2.75) is 12.6 Å². The third-order valence-corrected chi connectivity index (χ3v) is 3.76. The Morgan fingerprint density at radius 1 is 1.18 bits per heavy atom. The first-order valence-electron chi connectivity index (χ1n) is 6.48. The molecule has 1 N–H and O–H groups in total. The highest BCUT2D eigenvalue weighted by molar-refractivity contribution is 5.10. The van der Waals surface area contributed by atoms with Gasteiger partial charge in [-0.15, -0.1) is 0 Å². The molecule has 17 heavy (non-hydrogen) atoms. The van der Waals surface area contributed by atoms with Gasteiger partial charge < -0.3 is 5.32 Å². The highest BCUT2D eigenvalue weighted by Crippen LogP contribution is 2.17. The van der Waals surface area contributed by atoms with E-state index in [2.05, 4.69) is 32.2 Å². The molecule has 4 heteroatoms. The summed E-state index contributed by atoms with van der Waals surface area (Å²) in [6, 6.07) is 5.01. The van der Waals surface area contributed by atoms with E-state index in [0.717, 1.165) is 25.7 Å². The zero-order valence-electron chi connectivity index (χ0n) is 10.2. The molecular formula is C13H20N4. The molecule has 0 aliphatic carbocycles. The van der Waals surface area contributed by atoms with Crippen molar-refractivity contribution >= 4 is 0 Å². The van der Waals surface area contributed by atoms with Crippen LogP contribution in [0.25, 0.3) is 0 Å². The van der Waals surface area contributed by atoms with Crippen LogP contribution in [0.2, 0.25) is 0 Å². The molecule has 2 fully saturated rings. The third-order valence-electron chi connectivity index (χ3n) is 3.76. The number of nitrogens with one attached hydrogen (secondary N) is 1. The molecule has 2 aliphatic rings. The summed E-state index contributed by atoms with van der Waals surface area (Å²) in [6.45, 7) is 8.26. The van der Waals surface area contributed by atoms with E-state index in [1.165, 1.54) is 31.7 Å². The van der Waals surface area contributed by atoms with Gasteiger partial charge in [0.25, 0.3) is 0 Å². The fraction of sp³-hybridized carbons (Fsp3) is 0.615. The molecule has 1 aromatic rings. The van der Waals surface area contributed by atoms with Gasteiger partial charge >= 0.3 is 0 Å². The molecule has 0 unspecified atom stereocenters. The molecule has 0 bridgehead atoms. The molecule has 0 radical (unpaired) electrons. The topological polar surface area (TPSA) is 31.4 Å². The van der Waals surface area contributed by atoms with Crippen LogP contribution in [0.15, 0.2) is 24.5 Å². The molecule has 0 aromatic carbocycles. The van der Waals surface area contributed by atoms with E-state index in [4.69, 9.17) is 0 Å². The van der Waals surface area contributed by atoms with Crippen LogP contribution in [0.5, 0.6) is 0 Å². The van der Waals surface area contributed by atoms with Gasteiger partial charge in [0, 0.05) is 64.2 Å². The van der Waals surface area contributed by atoms with Crippen LogP contribution in [0.1, 0.15) is 5.56 Å². The Hall–Kier alpha value is -0.970. The number of hydrogen-bond donors (Lipinski definition) is 1. The highest BCUT2D eigenvalue weighted by atomic mass is 15.3. The van der Waals surface area contributed by atoms with E-state index in [1.807, 2.05) is 12.4 Å². The molecular weight excluding hydrogens is 212 g/mol. The predicted molar refractivity (Wildman–Crippen MR) is 67.7 cm³/mol. The Bertz CT molecular complexity index is 342. The van der Waals surface area contributed by atoms with E-state index in [1.54, 1.807) is 0 Å². The number of aromatic nitrogens is 1. The fourth-order valence-electron chi connectivity index (χ4n) is 2.70. The quantitative estimate of drug-likeness (QED) is 0.805. The Kier molecular flexibility index (Phi) is 3.36. The van der Waals surface area contributed by atoms with E-state index >= 15 is 0 Å². The molecule has 0 spiro atoms. The number of nitrogens with zero attached hydrogens (tertiary/aromatic N) is 3. The van der Waals surface area contributed by atoms with E-state index in [9.17, 15) is 0 Å². The van der Waals surface area contributed by atoms with Gasteiger partial charge in [0.2, 0.25) is 0 Å². The van der Waals surface area contributed by atoms with Gasteiger partial charge in [-0.1, -0.05) is 0 Å². The van der Waals surface area contributed by atoms with Crippen molar-refractivity contribution in [3.05, 3.63) is 30.1 Å². The Morgan fingerprint density at radius 2 is 1.88 bits per heavy atom. The minimum absolute atomic E-state index is 0.791. The lowest BCUT2D eigenvalue weighted by Crippen LogP contribution is -2.62. The van der Waals surface area contributed by atoms with Crippen LogP contribution < -0.4 is 5.32 Å². The molecule has 0 amide bonds. The third kappa shape index (κ3) is 2.65. The normalized spacial score (nSPS) is 23.5. The van der Waals surface area contributed by atoms with Gasteiger partial charge in [0.15, 0.2) is 0 Å². The van der Waals surface area contributed by atoms with Gasteiger partial charge in [0.05, 0.1) is 0 Å². The van der Waals surface area contributed by atoms with Crippen molar-refractivity contribution in [1.82, 2.24) is 20.1 Å². The number of hydrogen-bond acceptors (Lipinski definition) is 4. The zero-order chi connectivity index (χ0) is 11.5. The van der Waals surface area contributed by atoms with Gasteiger partial charge in [-0.3, -0.25) is 14.8 Å². The van der Waals surface area contributed by atoms with E-state index in [0.29, 0.717) is 0 Å². The van der Waals surface area contributed by atoms with Crippen molar-refractivity contribution in [3.63, 3.8) is 0 Å². The Balaban J connectivity index is 1.45. The van der Waals surface area contributed by atoms with Crippen LogP contribution in [-0.4, -0.2) is 60.1 Å². The second-order valence-electron chi connectivity index (χ2n) is 4.99. The van der Waals surface area contributed by atoms with Gasteiger partial charge in [-0.2, -0.15) is 0 Å². The molecule has 0 saturated carbocycles. The SMILES string of the molecule is c1cc(CN2CC(N3CCNCC3)C2)ccn1. The van der Waals surface area contributed by atoms with E-state index < -0.39 is 0 Å². The van der Waals surface area contributed by atoms with Gasteiger partial charge in [0.1, 0.15) is 0 Å². The average Bonchev–Trinajstić information content (AvgIpc) is 2.36. The smallest absolute Gasteiger partial charge is 0.0351 e. The summed E-state index contributed by atoms with van der Waals surface area (Å²) < 4.78 is 0. The van der Waals surface area contributed by atoms with Crippen molar-refractivity contribution in [1.29, 1.82) is 0 Å². The molecule has 3 heterocycles. The second-order valence-corrected chi connectivity index (χ2v) is 4.99. The standard InChI is InChI=1S/C13H20N4/c1-3-14-4-2-12(1)9-16-10-13(11-16)17-7-5-15-6-8-17/h1-4,13,15H,5-11H2. The minimum Gasteiger partial charge on any atom is -0.314 e. The molecule has 1 aromatic heterocycles. The van der Waals surface area contributed by atoms with Crippen LogP contribution in [0.4, 0.5) is 0 Å². The summed E-state index contributed by atoms with van der Waals surface area (Å²) in [6.07, 6.45) is 3.76. The van der Waals surface area contributed by atoms with Crippen LogP contribution >= 0.6 is 0 Å². The van der Waals surface area contributed by atoms with Gasteiger partial charge in [-0.05, 0) is 17.7 Å². The lowest BCUT2D eigenvalue weighted by atomic mass is 10.1. The maximum Gasteiger partial charge on any atom is 0.0351 e. The molecule has 3 rings (SSSR count). The monoisotopic (exact) mass is 232 g/mol. The predicted octanol–water partition coefficient (Wildman–Crippen LogP) is 0.171. The molecule has 0 atom stereocenters.